The van der Waals surface area contributed by atoms with Crippen molar-refractivity contribution in [3.05, 3.63) is 99.6 Å². The number of nitro benzene ring substituents is 1. The third-order valence-corrected chi connectivity index (χ3v) is 4.18. The Morgan fingerprint density at radius 1 is 1.00 bits per heavy atom. The number of rotatable bonds is 8. The van der Waals surface area contributed by atoms with E-state index in [-0.39, 0.29) is 17.0 Å². The van der Waals surface area contributed by atoms with E-state index in [1.807, 2.05) is 0 Å². The minimum absolute atomic E-state index is 0.106. The predicted octanol–water partition coefficient (Wildman–Crippen LogP) is 3.98. The van der Waals surface area contributed by atoms with Crippen LogP contribution in [-0.2, 0) is 0 Å². The van der Waals surface area contributed by atoms with Crippen LogP contribution in [-0.4, -0.2) is 29.6 Å². The monoisotopic (exact) mass is 433 g/mol. The van der Waals surface area contributed by atoms with Crippen LogP contribution in [0.3, 0.4) is 0 Å². The van der Waals surface area contributed by atoms with Gasteiger partial charge in [0.25, 0.3) is 11.6 Å². The van der Waals surface area contributed by atoms with Crippen LogP contribution in [0.2, 0.25) is 0 Å². The Balaban J connectivity index is 1.70. The molecule has 0 radical (unpaired) electrons. The number of ether oxygens (including phenoxy) is 2. The Morgan fingerprint density at radius 2 is 1.75 bits per heavy atom. The Kier molecular flexibility index (Phi) is 7.26. The van der Waals surface area contributed by atoms with E-state index in [1.165, 1.54) is 24.4 Å². The second-order valence-corrected chi connectivity index (χ2v) is 6.40. The summed E-state index contributed by atoms with van der Waals surface area (Å²) in [5.74, 6) is -0.523. The number of amides is 1. The molecule has 0 saturated carbocycles. The highest BCUT2D eigenvalue weighted by atomic mass is 16.6. The standard InChI is InChI=1S/C23H19N3O6/c1-2-31-21-13-16(11-12-20(21)32-23(28)17-7-4-3-5-8-17)15-24-25-22(27)18-9-6-10-19(14-18)26(29)30/h3-15H,2H2,1H3,(H,25,27)/b24-15+. The minimum Gasteiger partial charge on any atom is -0.490 e. The predicted molar refractivity (Wildman–Crippen MR) is 117 cm³/mol. The van der Waals surface area contributed by atoms with Gasteiger partial charge < -0.3 is 9.47 Å². The molecule has 0 aromatic heterocycles. The highest BCUT2D eigenvalue weighted by molar-refractivity contribution is 5.95. The van der Waals surface area contributed by atoms with E-state index in [4.69, 9.17) is 9.47 Å². The number of hydrazone groups is 1. The van der Waals surface area contributed by atoms with E-state index in [9.17, 15) is 19.7 Å². The molecule has 0 aliphatic heterocycles. The van der Waals surface area contributed by atoms with Gasteiger partial charge in [-0.25, -0.2) is 10.2 Å². The van der Waals surface area contributed by atoms with E-state index in [0.29, 0.717) is 23.5 Å². The Morgan fingerprint density at radius 3 is 2.47 bits per heavy atom. The van der Waals surface area contributed by atoms with Crippen LogP contribution in [0.25, 0.3) is 0 Å². The molecule has 9 nitrogen and oxygen atoms in total. The largest absolute Gasteiger partial charge is 0.490 e. The second kappa shape index (κ2) is 10.5. The highest BCUT2D eigenvalue weighted by Crippen LogP contribution is 2.29. The van der Waals surface area contributed by atoms with Crippen LogP contribution in [0.1, 0.15) is 33.2 Å². The summed E-state index contributed by atoms with van der Waals surface area (Å²) >= 11 is 0. The summed E-state index contributed by atoms with van der Waals surface area (Å²) in [6, 6.07) is 18.7. The molecule has 9 heteroatoms. The summed E-state index contributed by atoms with van der Waals surface area (Å²) in [5.41, 5.74) is 3.21. The van der Waals surface area contributed by atoms with Gasteiger partial charge in [-0.1, -0.05) is 24.3 Å². The molecule has 0 fully saturated rings. The lowest BCUT2D eigenvalue weighted by Crippen LogP contribution is -2.17. The molecule has 0 aliphatic rings. The number of nitro groups is 1. The van der Waals surface area contributed by atoms with Crippen LogP contribution in [0, 0.1) is 10.1 Å². The molecule has 3 rings (SSSR count). The normalized spacial score (nSPS) is 10.5. The number of esters is 1. The van der Waals surface area contributed by atoms with E-state index >= 15 is 0 Å². The summed E-state index contributed by atoms with van der Waals surface area (Å²) in [6.07, 6.45) is 1.38. The lowest BCUT2D eigenvalue weighted by Gasteiger charge is -2.11. The van der Waals surface area contributed by atoms with Gasteiger partial charge in [0.05, 0.1) is 23.3 Å². The first-order chi connectivity index (χ1) is 15.5. The van der Waals surface area contributed by atoms with Crippen molar-refractivity contribution in [1.29, 1.82) is 0 Å². The lowest BCUT2D eigenvalue weighted by atomic mass is 10.2. The van der Waals surface area contributed by atoms with Crippen LogP contribution in [0.5, 0.6) is 11.5 Å². The number of non-ortho nitro benzene ring substituents is 1. The van der Waals surface area contributed by atoms with Gasteiger partial charge in [-0.2, -0.15) is 5.10 Å². The summed E-state index contributed by atoms with van der Waals surface area (Å²) in [7, 11) is 0. The second-order valence-electron chi connectivity index (χ2n) is 6.40. The molecule has 3 aromatic carbocycles. The maximum absolute atomic E-state index is 12.3. The minimum atomic E-state index is -0.594. The van der Waals surface area contributed by atoms with Crippen molar-refractivity contribution >= 4 is 23.8 Å². The summed E-state index contributed by atoms with van der Waals surface area (Å²) in [6.45, 7) is 2.14. The molecule has 0 aliphatic carbocycles. The fourth-order valence-corrected chi connectivity index (χ4v) is 2.68. The van der Waals surface area contributed by atoms with Crippen molar-refractivity contribution < 1.29 is 24.0 Å². The molecular formula is C23H19N3O6. The number of nitrogens with one attached hydrogen (secondary N) is 1. The smallest absolute Gasteiger partial charge is 0.343 e. The van der Waals surface area contributed by atoms with E-state index in [1.54, 1.807) is 55.5 Å². The van der Waals surface area contributed by atoms with Crippen molar-refractivity contribution in [3.63, 3.8) is 0 Å². The lowest BCUT2D eigenvalue weighted by molar-refractivity contribution is -0.384. The number of carbonyl (C=O) groups excluding carboxylic acids is 2. The van der Waals surface area contributed by atoms with Gasteiger partial charge in [0.2, 0.25) is 0 Å². The van der Waals surface area contributed by atoms with Gasteiger partial charge in [0, 0.05) is 17.7 Å². The van der Waals surface area contributed by atoms with Crippen LogP contribution in [0.4, 0.5) is 5.69 Å². The van der Waals surface area contributed by atoms with Gasteiger partial charge in [0.1, 0.15) is 0 Å². The zero-order valence-corrected chi connectivity index (χ0v) is 17.1. The molecule has 1 N–H and O–H groups in total. The molecule has 0 bridgehead atoms. The number of hydrogen-bond acceptors (Lipinski definition) is 7. The SMILES string of the molecule is CCOc1cc(/C=N/NC(=O)c2cccc([N+](=O)[O-])c2)ccc1OC(=O)c1ccccc1. The van der Waals surface area contributed by atoms with Gasteiger partial charge in [0.15, 0.2) is 11.5 Å². The molecule has 0 heterocycles. The van der Waals surface area contributed by atoms with Crippen LogP contribution < -0.4 is 14.9 Å². The molecule has 32 heavy (non-hydrogen) atoms. The first-order valence-corrected chi connectivity index (χ1v) is 9.60. The molecule has 0 atom stereocenters. The fraction of sp³-hybridized carbons (Fsp3) is 0.0870. The maximum atomic E-state index is 12.3. The van der Waals surface area contributed by atoms with E-state index < -0.39 is 16.8 Å². The molecular weight excluding hydrogens is 414 g/mol. The topological polar surface area (TPSA) is 120 Å². The molecule has 0 saturated heterocycles. The molecule has 0 spiro atoms. The van der Waals surface area contributed by atoms with Gasteiger partial charge in [-0.15, -0.1) is 0 Å². The first kappa shape index (κ1) is 22.2. The summed E-state index contributed by atoms with van der Waals surface area (Å²) < 4.78 is 11.0. The molecule has 3 aromatic rings. The average molecular weight is 433 g/mol. The van der Waals surface area contributed by atoms with Crippen molar-refractivity contribution in [2.24, 2.45) is 5.10 Å². The highest BCUT2D eigenvalue weighted by Gasteiger charge is 2.13. The maximum Gasteiger partial charge on any atom is 0.343 e. The third kappa shape index (κ3) is 5.76. The first-order valence-electron chi connectivity index (χ1n) is 9.60. The quantitative estimate of drug-likeness (QED) is 0.189. The number of nitrogens with zero attached hydrogens (tertiary/aromatic N) is 2. The summed E-state index contributed by atoms with van der Waals surface area (Å²) in [5, 5.41) is 14.7. The Labute approximate surface area is 183 Å². The van der Waals surface area contributed by atoms with Crippen LogP contribution >= 0.6 is 0 Å². The van der Waals surface area contributed by atoms with Crippen LogP contribution in [0.15, 0.2) is 77.9 Å². The zero-order valence-electron chi connectivity index (χ0n) is 17.1. The zero-order chi connectivity index (χ0) is 22.9. The van der Waals surface area contributed by atoms with Crippen molar-refractivity contribution in [3.8, 4) is 11.5 Å². The van der Waals surface area contributed by atoms with Crippen molar-refractivity contribution in [1.82, 2.24) is 5.43 Å². The molecule has 1 amide bonds. The van der Waals surface area contributed by atoms with Crippen molar-refractivity contribution in [2.75, 3.05) is 6.61 Å². The van der Waals surface area contributed by atoms with Gasteiger partial charge in [-0.3, -0.25) is 14.9 Å². The van der Waals surface area contributed by atoms with E-state index in [0.717, 1.165) is 6.07 Å². The number of benzene rings is 3. The van der Waals surface area contributed by atoms with E-state index in [2.05, 4.69) is 10.5 Å². The van der Waals surface area contributed by atoms with Crippen molar-refractivity contribution in [2.45, 2.75) is 6.92 Å². The van der Waals surface area contributed by atoms with Gasteiger partial charge in [-0.05, 0) is 48.9 Å². The third-order valence-electron chi connectivity index (χ3n) is 4.18. The number of hydrogen-bond donors (Lipinski definition) is 1. The fourth-order valence-electron chi connectivity index (χ4n) is 2.68. The average Bonchev–Trinajstić information content (AvgIpc) is 2.81. The number of carbonyl (C=O) groups is 2. The summed E-state index contributed by atoms with van der Waals surface area (Å²) in [4.78, 5) is 34.7. The Hall–Kier alpha value is -4.53. The Bertz CT molecular complexity index is 1160. The van der Waals surface area contributed by atoms with Gasteiger partial charge >= 0.3 is 5.97 Å². The molecule has 0 unspecified atom stereocenters. The molecule has 162 valence electrons.